The van der Waals surface area contributed by atoms with Crippen molar-refractivity contribution < 1.29 is 4.79 Å². The van der Waals surface area contributed by atoms with E-state index in [0.29, 0.717) is 11.4 Å². The first kappa shape index (κ1) is 7.56. The van der Waals surface area contributed by atoms with Gasteiger partial charge >= 0.3 is 0 Å². The summed E-state index contributed by atoms with van der Waals surface area (Å²) in [5.74, 6) is 0. The summed E-state index contributed by atoms with van der Waals surface area (Å²) in [4.78, 5) is 12.2. The van der Waals surface area contributed by atoms with Gasteiger partial charge in [0.05, 0.1) is 11.4 Å². The van der Waals surface area contributed by atoms with Crippen molar-refractivity contribution >= 4 is 23.5 Å². The van der Waals surface area contributed by atoms with E-state index < -0.39 is 0 Å². The second kappa shape index (κ2) is 3.55. The zero-order chi connectivity index (χ0) is 6.57. The second-order valence-corrected chi connectivity index (χ2v) is 2.13. The third kappa shape index (κ3) is 2.69. The third-order valence-corrected chi connectivity index (χ3v) is 1.29. The van der Waals surface area contributed by atoms with E-state index in [-0.39, 0.29) is 0 Å². The summed E-state index contributed by atoms with van der Waals surface area (Å²) >= 11 is 4.77. The van der Waals surface area contributed by atoms with E-state index in [4.69, 9.17) is 12.2 Å². The Morgan fingerprint density at radius 3 is 2.38 bits per heavy atom. The molecule has 0 N–H and O–H groups in total. The standard InChI is InChI=1S/C5H9NOS/c1-6(2)5(8)3-4-7/h4H,3H2,1-2H3. The van der Waals surface area contributed by atoms with Crippen molar-refractivity contribution in [2.24, 2.45) is 0 Å². The van der Waals surface area contributed by atoms with Gasteiger partial charge in [0.15, 0.2) is 0 Å². The molecule has 0 saturated heterocycles. The zero-order valence-corrected chi connectivity index (χ0v) is 5.86. The molecular weight excluding hydrogens is 122 g/mol. The lowest BCUT2D eigenvalue weighted by Crippen LogP contribution is -2.19. The molecule has 0 aliphatic heterocycles. The van der Waals surface area contributed by atoms with Gasteiger partial charge in [0, 0.05) is 14.1 Å². The topological polar surface area (TPSA) is 20.3 Å². The lowest BCUT2D eigenvalue weighted by molar-refractivity contribution is -0.106. The summed E-state index contributed by atoms with van der Waals surface area (Å²) in [5.41, 5.74) is 0. The minimum Gasteiger partial charge on any atom is -0.372 e. The van der Waals surface area contributed by atoms with Crippen molar-refractivity contribution in [2.45, 2.75) is 6.42 Å². The van der Waals surface area contributed by atoms with Crippen molar-refractivity contribution in [3.05, 3.63) is 0 Å². The Kier molecular flexibility index (Phi) is 3.35. The molecule has 0 atom stereocenters. The molecule has 0 radical (unpaired) electrons. The number of carbonyl (C=O) groups excluding carboxylic acids is 1. The van der Waals surface area contributed by atoms with Gasteiger partial charge in [0.25, 0.3) is 0 Å². The molecular formula is C5H9NOS. The second-order valence-electron chi connectivity index (χ2n) is 1.66. The molecule has 2 nitrogen and oxygen atoms in total. The van der Waals surface area contributed by atoms with Gasteiger partial charge in [-0.2, -0.15) is 0 Å². The summed E-state index contributed by atoms with van der Waals surface area (Å²) in [5, 5.41) is 0. The van der Waals surface area contributed by atoms with Crippen molar-refractivity contribution in [1.82, 2.24) is 4.90 Å². The number of rotatable bonds is 2. The molecule has 0 aromatic heterocycles. The number of carbonyl (C=O) groups is 1. The third-order valence-electron chi connectivity index (χ3n) is 0.757. The average molecular weight is 131 g/mol. The van der Waals surface area contributed by atoms with Crippen LogP contribution in [-0.4, -0.2) is 30.3 Å². The van der Waals surface area contributed by atoms with Gasteiger partial charge in [0.1, 0.15) is 6.29 Å². The minimum atomic E-state index is 0.363. The predicted octanol–water partition coefficient (Wildman–Crippen LogP) is 0.464. The first-order valence-corrected chi connectivity index (χ1v) is 2.73. The molecule has 0 unspecified atom stereocenters. The van der Waals surface area contributed by atoms with Crippen molar-refractivity contribution in [1.29, 1.82) is 0 Å². The Labute approximate surface area is 54.5 Å². The van der Waals surface area contributed by atoms with Crippen LogP contribution in [0.2, 0.25) is 0 Å². The van der Waals surface area contributed by atoms with Gasteiger partial charge < -0.3 is 9.69 Å². The highest BCUT2D eigenvalue weighted by Gasteiger charge is 1.93. The van der Waals surface area contributed by atoms with Crippen molar-refractivity contribution in [3.8, 4) is 0 Å². The molecule has 0 aliphatic rings. The van der Waals surface area contributed by atoms with Gasteiger partial charge in [-0.3, -0.25) is 0 Å². The highest BCUT2D eigenvalue weighted by atomic mass is 32.1. The fourth-order valence-electron chi connectivity index (χ4n) is 0.254. The molecule has 0 amide bonds. The molecule has 0 aromatic carbocycles. The van der Waals surface area contributed by atoms with Gasteiger partial charge in [0.2, 0.25) is 0 Å². The molecule has 0 aliphatic carbocycles. The number of hydrogen-bond acceptors (Lipinski definition) is 2. The molecule has 0 rings (SSSR count). The Hall–Kier alpha value is -0.440. The van der Waals surface area contributed by atoms with Crippen LogP contribution < -0.4 is 0 Å². The van der Waals surface area contributed by atoms with E-state index in [1.165, 1.54) is 0 Å². The normalized spacial score (nSPS) is 8.25. The van der Waals surface area contributed by atoms with Gasteiger partial charge in [-0.15, -0.1) is 0 Å². The fraction of sp³-hybridized carbons (Fsp3) is 0.600. The Bertz CT molecular complexity index is 101. The quantitative estimate of drug-likeness (QED) is 0.401. The molecule has 46 valence electrons. The molecule has 0 spiro atoms. The summed E-state index contributed by atoms with van der Waals surface area (Å²) < 4.78 is 0. The maximum atomic E-state index is 9.81. The van der Waals surface area contributed by atoms with Crippen LogP contribution in [0.1, 0.15) is 6.42 Å². The van der Waals surface area contributed by atoms with E-state index in [1.54, 1.807) is 4.90 Å². The largest absolute Gasteiger partial charge is 0.372 e. The maximum absolute atomic E-state index is 9.81. The number of aldehydes is 1. The summed E-state index contributed by atoms with van der Waals surface area (Å²) in [6, 6.07) is 0. The first-order chi connectivity index (χ1) is 3.68. The Morgan fingerprint density at radius 1 is 1.75 bits per heavy atom. The molecule has 3 heteroatoms. The van der Waals surface area contributed by atoms with Crippen molar-refractivity contribution in [3.63, 3.8) is 0 Å². The summed E-state index contributed by atoms with van der Waals surface area (Å²) in [6.07, 6.45) is 1.17. The Morgan fingerprint density at radius 2 is 2.25 bits per heavy atom. The molecule has 0 saturated carbocycles. The Balaban J connectivity index is 3.48. The predicted molar refractivity (Wildman–Crippen MR) is 37.0 cm³/mol. The van der Waals surface area contributed by atoms with E-state index >= 15 is 0 Å². The number of thiocarbonyl (C=S) groups is 1. The molecule has 0 bridgehead atoms. The van der Waals surface area contributed by atoms with Crippen LogP contribution in [0.15, 0.2) is 0 Å². The van der Waals surface area contributed by atoms with E-state index in [0.717, 1.165) is 6.29 Å². The highest BCUT2D eigenvalue weighted by molar-refractivity contribution is 7.80. The van der Waals surface area contributed by atoms with E-state index in [2.05, 4.69) is 0 Å². The molecule has 8 heavy (non-hydrogen) atoms. The van der Waals surface area contributed by atoms with Crippen LogP contribution in [0.4, 0.5) is 0 Å². The summed E-state index contributed by atoms with van der Waals surface area (Å²) in [7, 11) is 3.65. The van der Waals surface area contributed by atoms with Crippen LogP contribution in [0.25, 0.3) is 0 Å². The zero-order valence-electron chi connectivity index (χ0n) is 5.05. The van der Waals surface area contributed by atoms with Crippen LogP contribution in [0.3, 0.4) is 0 Å². The van der Waals surface area contributed by atoms with Crippen LogP contribution >= 0.6 is 12.2 Å². The average Bonchev–Trinajstić information content (AvgIpc) is 1.67. The van der Waals surface area contributed by atoms with E-state index in [1.807, 2.05) is 14.1 Å². The van der Waals surface area contributed by atoms with Gasteiger partial charge in [-0.05, 0) is 0 Å². The van der Waals surface area contributed by atoms with Gasteiger partial charge in [-0.1, -0.05) is 12.2 Å². The number of nitrogens with zero attached hydrogens (tertiary/aromatic N) is 1. The smallest absolute Gasteiger partial charge is 0.126 e. The maximum Gasteiger partial charge on any atom is 0.126 e. The SMILES string of the molecule is CN(C)C(=S)CC=O. The molecule has 0 fully saturated rings. The minimum absolute atomic E-state index is 0.363. The first-order valence-electron chi connectivity index (χ1n) is 2.32. The van der Waals surface area contributed by atoms with Gasteiger partial charge in [-0.25, -0.2) is 0 Å². The lowest BCUT2D eigenvalue weighted by Gasteiger charge is -2.09. The van der Waals surface area contributed by atoms with Crippen LogP contribution in [0, 0.1) is 0 Å². The number of hydrogen-bond donors (Lipinski definition) is 0. The molecule has 0 heterocycles. The fourth-order valence-corrected chi connectivity index (χ4v) is 0.322. The summed E-state index contributed by atoms with van der Waals surface area (Å²) in [6.45, 7) is 0. The highest BCUT2D eigenvalue weighted by Crippen LogP contribution is 1.85. The monoisotopic (exact) mass is 131 g/mol. The van der Waals surface area contributed by atoms with Crippen LogP contribution in [0.5, 0.6) is 0 Å². The van der Waals surface area contributed by atoms with E-state index in [9.17, 15) is 4.79 Å². The van der Waals surface area contributed by atoms with Crippen molar-refractivity contribution in [2.75, 3.05) is 14.1 Å². The van der Waals surface area contributed by atoms with Crippen LogP contribution in [-0.2, 0) is 4.79 Å². The lowest BCUT2D eigenvalue weighted by atomic mass is 10.4. The molecule has 0 aromatic rings.